The van der Waals surface area contributed by atoms with Crippen molar-refractivity contribution in [1.29, 1.82) is 0 Å². The number of Topliss-reactive ketones (excluding diaryl/α,β-unsaturated/α-hetero) is 1. The molecule has 0 saturated heterocycles. The SMILES string of the molecule is CC(=O)c1ccccc1.O=[N+]([O-])c1ccc(S)cc1.Oc1ccc(S)cc1.Sc1ccccc1. The average Bonchev–Trinajstić information content (AvgIpc) is 2.83. The molecule has 176 valence electrons. The smallest absolute Gasteiger partial charge is 0.269 e. The second-order valence-electron chi connectivity index (χ2n) is 6.55. The van der Waals surface area contributed by atoms with Crippen LogP contribution >= 0.6 is 37.9 Å². The van der Waals surface area contributed by atoms with Crippen molar-refractivity contribution in [2.24, 2.45) is 0 Å². The van der Waals surface area contributed by atoms with Crippen LogP contribution in [0.25, 0.3) is 0 Å². The summed E-state index contributed by atoms with van der Waals surface area (Å²) in [5.74, 6) is 0.401. The van der Waals surface area contributed by atoms with Gasteiger partial charge in [0.2, 0.25) is 0 Å². The molecule has 0 radical (unpaired) electrons. The highest BCUT2D eigenvalue weighted by atomic mass is 32.1. The van der Waals surface area contributed by atoms with Crippen molar-refractivity contribution < 1.29 is 14.8 Å². The molecule has 0 bridgehead atoms. The van der Waals surface area contributed by atoms with Gasteiger partial charge >= 0.3 is 0 Å². The number of benzene rings is 4. The molecule has 8 heteroatoms. The normalized spacial score (nSPS) is 9.06. The Balaban J connectivity index is 0.000000228. The van der Waals surface area contributed by atoms with Gasteiger partial charge in [-0.25, -0.2) is 0 Å². The minimum Gasteiger partial charge on any atom is -0.508 e. The molecule has 0 aliphatic carbocycles. The predicted molar refractivity (Wildman–Crippen MR) is 146 cm³/mol. The van der Waals surface area contributed by atoms with E-state index in [-0.39, 0.29) is 17.2 Å². The first-order chi connectivity index (χ1) is 16.2. The van der Waals surface area contributed by atoms with Crippen LogP contribution in [0, 0.1) is 10.1 Å². The van der Waals surface area contributed by atoms with Gasteiger partial charge in [0.15, 0.2) is 5.78 Å². The molecule has 4 rings (SSSR count). The van der Waals surface area contributed by atoms with Gasteiger partial charge in [-0.2, -0.15) is 0 Å². The number of non-ortho nitro benzene ring substituents is 1. The number of phenolic OH excluding ortho intramolecular Hbond substituents is 1. The van der Waals surface area contributed by atoms with Crippen LogP contribution < -0.4 is 0 Å². The first kappa shape index (κ1) is 28.8. The van der Waals surface area contributed by atoms with Gasteiger partial charge in [-0.3, -0.25) is 14.9 Å². The fraction of sp³-hybridized carbons (Fsp3) is 0.0385. The lowest BCUT2D eigenvalue weighted by Crippen LogP contribution is -1.88. The number of nitrogens with zero attached hydrogens (tertiary/aromatic N) is 1. The van der Waals surface area contributed by atoms with Crippen LogP contribution in [0.1, 0.15) is 17.3 Å². The van der Waals surface area contributed by atoms with Crippen molar-refractivity contribution in [1.82, 2.24) is 0 Å². The molecule has 0 aliphatic rings. The van der Waals surface area contributed by atoms with Crippen LogP contribution in [0.15, 0.2) is 124 Å². The van der Waals surface area contributed by atoms with Gasteiger partial charge in [0.1, 0.15) is 5.75 Å². The molecule has 4 aromatic carbocycles. The summed E-state index contributed by atoms with van der Waals surface area (Å²) in [5.41, 5.74) is 0.871. The predicted octanol–water partition coefficient (Wildman–Crippen LogP) is 7.43. The summed E-state index contributed by atoms with van der Waals surface area (Å²) >= 11 is 12.1. The molecule has 0 unspecified atom stereocenters. The molecule has 0 heterocycles. The van der Waals surface area contributed by atoms with Gasteiger partial charge in [0.25, 0.3) is 5.69 Å². The number of thiol groups is 3. The maximum absolute atomic E-state index is 10.6. The number of phenols is 1. The van der Waals surface area contributed by atoms with E-state index in [2.05, 4.69) is 37.9 Å². The Bertz CT molecular complexity index is 1100. The van der Waals surface area contributed by atoms with Crippen molar-refractivity contribution in [3.63, 3.8) is 0 Å². The van der Waals surface area contributed by atoms with Crippen molar-refractivity contribution >= 4 is 49.4 Å². The van der Waals surface area contributed by atoms with Crippen molar-refractivity contribution in [2.45, 2.75) is 21.6 Å². The Morgan fingerprint density at radius 2 is 1.06 bits per heavy atom. The maximum Gasteiger partial charge on any atom is 0.269 e. The molecule has 1 N–H and O–H groups in total. The summed E-state index contributed by atoms with van der Waals surface area (Å²) in [6.07, 6.45) is 0. The number of carbonyl (C=O) groups is 1. The highest BCUT2D eigenvalue weighted by molar-refractivity contribution is 7.80. The van der Waals surface area contributed by atoms with E-state index in [1.54, 1.807) is 43.3 Å². The summed E-state index contributed by atoms with van der Waals surface area (Å²) in [4.78, 5) is 22.9. The fourth-order valence-corrected chi connectivity index (χ4v) is 2.60. The number of carbonyl (C=O) groups excluding carboxylic acids is 1. The largest absolute Gasteiger partial charge is 0.508 e. The highest BCUT2D eigenvalue weighted by Crippen LogP contribution is 2.13. The van der Waals surface area contributed by atoms with E-state index in [0.29, 0.717) is 0 Å². The van der Waals surface area contributed by atoms with Crippen LogP contribution in [0.3, 0.4) is 0 Å². The zero-order valence-electron chi connectivity index (χ0n) is 18.4. The number of nitro benzene ring substituents is 1. The Labute approximate surface area is 215 Å². The number of hydrogen-bond acceptors (Lipinski definition) is 7. The summed E-state index contributed by atoms with van der Waals surface area (Å²) in [6.45, 7) is 1.56. The topological polar surface area (TPSA) is 80.4 Å². The van der Waals surface area contributed by atoms with E-state index in [1.807, 2.05) is 60.7 Å². The van der Waals surface area contributed by atoms with Crippen LogP contribution in [0.2, 0.25) is 0 Å². The molecule has 0 spiro atoms. The van der Waals surface area contributed by atoms with Gasteiger partial charge in [-0.15, -0.1) is 37.9 Å². The molecule has 4 aromatic rings. The molecule has 0 atom stereocenters. The maximum atomic E-state index is 10.6. The molecular weight excluding hydrogens is 486 g/mol. The summed E-state index contributed by atoms with van der Waals surface area (Å²) < 4.78 is 0. The van der Waals surface area contributed by atoms with Gasteiger partial charge in [-0.1, -0.05) is 48.5 Å². The summed E-state index contributed by atoms with van der Waals surface area (Å²) in [6, 6.07) is 31.7. The Hall–Kier alpha value is -3.20. The molecular formula is C26H25NO4S3. The lowest BCUT2D eigenvalue weighted by atomic mass is 10.2. The lowest BCUT2D eigenvalue weighted by molar-refractivity contribution is -0.384. The monoisotopic (exact) mass is 511 g/mol. The third kappa shape index (κ3) is 13.4. The highest BCUT2D eigenvalue weighted by Gasteiger charge is 2.01. The number of ketones is 1. The van der Waals surface area contributed by atoms with E-state index in [9.17, 15) is 14.9 Å². The Morgan fingerprint density at radius 1 is 0.676 bits per heavy atom. The molecule has 0 aromatic heterocycles. The van der Waals surface area contributed by atoms with Gasteiger partial charge in [-0.05, 0) is 55.5 Å². The number of hydrogen-bond donors (Lipinski definition) is 4. The third-order valence-corrected chi connectivity index (χ3v) is 4.74. The average molecular weight is 512 g/mol. The first-order valence-electron chi connectivity index (χ1n) is 9.90. The Kier molecular flexibility index (Phi) is 13.9. The molecule has 0 aliphatic heterocycles. The van der Waals surface area contributed by atoms with Crippen LogP contribution in [-0.4, -0.2) is 15.8 Å². The minimum atomic E-state index is -0.437. The van der Waals surface area contributed by atoms with E-state index in [4.69, 9.17) is 5.11 Å². The fourth-order valence-electron chi connectivity index (χ4n) is 2.13. The second-order valence-corrected chi connectivity index (χ2v) is 8.10. The standard InChI is InChI=1S/C8H8O.C6H5NO2S.C6H6OS.C6H6S/c1-7(9)8-5-3-2-4-6-8;8-7(9)5-1-3-6(10)4-2-5;7-5-1-3-6(8)4-2-5;7-6-4-2-1-3-5-6/h2-6H,1H3;1-4,10H;1-4,7-8H;1-5,7H. The van der Waals surface area contributed by atoms with E-state index in [1.165, 1.54) is 12.1 Å². The number of nitro groups is 1. The van der Waals surface area contributed by atoms with Crippen LogP contribution in [-0.2, 0) is 0 Å². The van der Waals surface area contributed by atoms with E-state index in [0.717, 1.165) is 20.2 Å². The third-order valence-electron chi connectivity index (χ3n) is 3.85. The van der Waals surface area contributed by atoms with E-state index < -0.39 is 4.92 Å². The van der Waals surface area contributed by atoms with Gasteiger partial charge < -0.3 is 5.11 Å². The van der Waals surface area contributed by atoms with Crippen LogP contribution in [0.4, 0.5) is 5.69 Å². The minimum absolute atomic E-state index is 0.0952. The second kappa shape index (κ2) is 16.4. The molecule has 0 amide bonds. The van der Waals surface area contributed by atoms with Crippen molar-refractivity contribution in [3.8, 4) is 5.75 Å². The molecule has 0 fully saturated rings. The van der Waals surface area contributed by atoms with Gasteiger partial charge in [0, 0.05) is 32.4 Å². The lowest BCUT2D eigenvalue weighted by Gasteiger charge is -1.89. The summed E-state index contributed by atoms with van der Waals surface area (Å²) in [5, 5.41) is 18.8. The zero-order valence-corrected chi connectivity index (χ0v) is 21.0. The molecule has 0 saturated carbocycles. The Morgan fingerprint density at radius 3 is 1.35 bits per heavy atom. The molecule has 34 heavy (non-hydrogen) atoms. The van der Waals surface area contributed by atoms with Crippen molar-refractivity contribution in [3.05, 3.63) is 125 Å². The summed E-state index contributed by atoms with van der Waals surface area (Å²) in [7, 11) is 0. The van der Waals surface area contributed by atoms with Crippen molar-refractivity contribution in [2.75, 3.05) is 0 Å². The quantitative estimate of drug-likeness (QED) is 0.0976. The number of rotatable bonds is 2. The van der Waals surface area contributed by atoms with Gasteiger partial charge in [0.05, 0.1) is 4.92 Å². The van der Waals surface area contributed by atoms with Crippen LogP contribution in [0.5, 0.6) is 5.75 Å². The zero-order chi connectivity index (χ0) is 25.3. The first-order valence-corrected chi connectivity index (χ1v) is 11.2. The van der Waals surface area contributed by atoms with E-state index >= 15 is 0 Å². The molecule has 5 nitrogen and oxygen atoms in total. The number of aromatic hydroxyl groups is 1.